The zero-order valence-corrected chi connectivity index (χ0v) is 17.9. The number of aromatic nitrogens is 2. The summed E-state index contributed by atoms with van der Waals surface area (Å²) in [6.07, 6.45) is -0.498. The summed E-state index contributed by atoms with van der Waals surface area (Å²) in [7, 11) is 0. The Balaban J connectivity index is 1.65. The second-order valence-corrected chi connectivity index (χ2v) is 7.89. The summed E-state index contributed by atoms with van der Waals surface area (Å²) in [6.45, 7) is 9.73. The van der Waals surface area contributed by atoms with Crippen LogP contribution in [0.15, 0.2) is 40.0 Å². The van der Waals surface area contributed by atoms with Crippen LogP contribution >= 0.6 is 11.8 Å². The molecule has 0 unspecified atom stereocenters. The molecule has 0 aliphatic rings. The summed E-state index contributed by atoms with van der Waals surface area (Å²) in [5, 5.41) is 8.30. The lowest BCUT2D eigenvalue weighted by molar-refractivity contribution is 0.102. The fraction of sp³-hybridized carbons (Fsp3) is 0.318. The van der Waals surface area contributed by atoms with Gasteiger partial charge >= 0.3 is 0 Å². The van der Waals surface area contributed by atoms with Gasteiger partial charge in [0.15, 0.2) is 11.9 Å². The number of carbonyl (C=O) groups is 1. The van der Waals surface area contributed by atoms with Crippen molar-refractivity contribution in [2.45, 2.75) is 45.9 Å². The number of hydrogen-bond acceptors (Lipinski definition) is 6. The van der Waals surface area contributed by atoms with Gasteiger partial charge in [-0.15, -0.1) is 10.2 Å². The highest BCUT2D eigenvalue weighted by Crippen LogP contribution is 2.27. The summed E-state index contributed by atoms with van der Waals surface area (Å²) in [6, 6.07) is 7.80. The number of aryl methyl sites for hydroxylation is 2. The van der Waals surface area contributed by atoms with Gasteiger partial charge in [0, 0.05) is 5.56 Å². The quantitative estimate of drug-likeness (QED) is 0.373. The second kappa shape index (κ2) is 8.78. The molecule has 0 radical (unpaired) electrons. The van der Waals surface area contributed by atoms with Gasteiger partial charge < -0.3 is 9.15 Å². The van der Waals surface area contributed by atoms with E-state index < -0.39 is 6.10 Å². The monoisotopic (exact) mass is 414 g/mol. The van der Waals surface area contributed by atoms with Gasteiger partial charge in [0.25, 0.3) is 11.1 Å². The average Bonchev–Trinajstić information content (AvgIpc) is 3.16. The van der Waals surface area contributed by atoms with Crippen LogP contribution in [-0.4, -0.2) is 21.7 Å². The molecule has 7 heteroatoms. The van der Waals surface area contributed by atoms with Crippen molar-refractivity contribution in [3.63, 3.8) is 0 Å². The Kier molecular flexibility index (Phi) is 6.37. The fourth-order valence-electron chi connectivity index (χ4n) is 3.05. The molecule has 0 fully saturated rings. The third kappa shape index (κ3) is 4.85. The van der Waals surface area contributed by atoms with E-state index in [1.807, 2.05) is 27.7 Å². The van der Waals surface area contributed by atoms with Gasteiger partial charge in [-0.2, -0.15) is 0 Å². The fourth-order valence-corrected chi connectivity index (χ4v) is 3.69. The minimum absolute atomic E-state index is 0.0344. The molecule has 0 aliphatic heterocycles. The third-order valence-electron chi connectivity index (χ3n) is 4.87. The van der Waals surface area contributed by atoms with Crippen LogP contribution in [0.4, 0.5) is 4.39 Å². The number of hydrogen-bond donors (Lipinski definition) is 0. The highest BCUT2D eigenvalue weighted by Gasteiger charge is 2.19. The van der Waals surface area contributed by atoms with Gasteiger partial charge in [0.2, 0.25) is 0 Å². The van der Waals surface area contributed by atoms with E-state index in [1.54, 1.807) is 6.92 Å². The SMILES string of the molecule is Cc1cc(C)c(C)c(C(=O)CSc2nnc([C@@H](C)Oc3ccc(F)cc3)o2)c1C. The Morgan fingerprint density at radius 1 is 1.10 bits per heavy atom. The van der Waals surface area contributed by atoms with Gasteiger partial charge in [-0.05, 0) is 81.1 Å². The Morgan fingerprint density at radius 3 is 2.34 bits per heavy atom. The highest BCUT2D eigenvalue weighted by molar-refractivity contribution is 7.99. The van der Waals surface area contributed by atoms with Crippen LogP contribution in [-0.2, 0) is 0 Å². The number of rotatable bonds is 7. The molecule has 5 nitrogen and oxygen atoms in total. The van der Waals surface area contributed by atoms with Crippen molar-refractivity contribution in [1.29, 1.82) is 0 Å². The molecule has 2 aromatic carbocycles. The summed E-state index contributed by atoms with van der Waals surface area (Å²) in [5.41, 5.74) is 4.99. The van der Waals surface area contributed by atoms with Gasteiger partial charge in [0.05, 0.1) is 5.75 Å². The molecule has 152 valence electrons. The molecule has 0 spiro atoms. The van der Waals surface area contributed by atoms with E-state index in [-0.39, 0.29) is 17.4 Å². The van der Waals surface area contributed by atoms with Crippen LogP contribution in [0.5, 0.6) is 5.75 Å². The maximum Gasteiger partial charge on any atom is 0.277 e. The zero-order chi connectivity index (χ0) is 21.1. The molecule has 3 aromatic rings. The molecule has 0 saturated heterocycles. The molecular formula is C22H23FN2O3S. The Labute approximate surface area is 173 Å². The normalized spacial score (nSPS) is 12.1. The van der Waals surface area contributed by atoms with Gasteiger partial charge in [-0.1, -0.05) is 17.8 Å². The number of halogens is 1. The third-order valence-corrected chi connectivity index (χ3v) is 5.69. The first kappa shape index (κ1) is 21.0. The first-order chi connectivity index (χ1) is 13.8. The first-order valence-corrected chi connectivity index (χ1v) is 10.2. The summed E-state index contributed by atoms with van der Waals surface area (Å²) >= 11 is 1.20. The lowest BCUT2D eigenvalue weighted by atomic mass is 9.92. The number of Topliss-reactive ketones (excluding diaryl/α,β-unsaturated/α-hetero) is 1. The molecule has 0 saturated carbocycles. The summed E-state index contributed by atoms with van der Waals surface area (Å²) < 4.78 is 24.3. The molecule has 0 aliphatic carbocycles. The molecule has 3 rings (SSSR count). The van der Waals surface area contributed by atoms with E-state index in [4.69, 9.17) is 9.15 Å². The van der Waals surface area contributed by atoms with E-state index in [0.29, 0.717) is 16.9 Å². The number of nitrogens with zero attached hydrogens (tertiary/aromatic N) is 2. The van der Waals surface area contributed by atoms with Crippen molar-refractivity contribution in [3.05, 3.63) is 69.9 Å². The molecule has 1 aromatic heterocycles. The molecular weight excluding hydrogens is 391 g/mol. The first-order valence-electron chi connectivity index (χ1n) is 9.25. The van der Waals surface area contributed by atoms with Crippen LogP contribution < -0.4 is 4.74 Å². The predicted octanol–water partition coefficient (Wildman–Crippen LogP) is 5.56. The molecule has 0 bridgehead atoms. The summed E-state index contributed by atoms with van der Waals surface area (Å²) in [5.74, 6) is 0.706. The zero-order valence-electron chi connectivity index (χ0n) is 17.1. The molecule has 0 N–H and O–H groups in total. The van der Waals surface area contributed by atoms with E-state index in [9.17, 15) is 9.18 Å². The number of ether oxygens (including phenoxy) is 1. The minimum atomic E-state index is -0.498. The van der Waals surface area contributed by atoms with E-state index in [1.165, 1.54) is 36.0 Å². The summed E-state index contributed by atoms with van der Waals surface area (Å²) in [4.78, 5) is 12.8. The van der Waals surface area contributed by atoms with Crippen molar-refractivity contribution in [3.8, 4) is 5.75 Å². The predicted molar refractivity (Wildman–Crippen MR) is 110 cm³/mol. The van der Waals surface area contributed by atoms with Crippen LogP contribution in [0.25, 0.3) is 0 Å². The van der Waals surface area contributed by atoms with Crippen molar-refractivity contribution in [1.82, 2.24) is 10.2 Å². The lowest BCUT2D eigenvalue weighted by Gasteiger charge is -2.13. The minimum Gasteiger partial charge on any atom is -0.481 e. The van der Waals surface area contributed by atoms with Crippen molar-refractivity contribution < 1.29 is 18.3 Å². The smallest absolute Gasteiger partial charge is 0.277 e. The number of thioether (sulfide) groups is 1. The van der Waals surface area contributed by atoms with E-state index in [0.717, 1.165) is 27.8 Å². The highest BCUT2D eigenvalue weighted by atomic mass is 32.2. The molecule has 0 amide bonds. The van der Waals surface area contributed by atoms with Crippen LogP contribution in [0.3, 0.4) is 0 Å². The van der Waals surface area contributed by atoms with Crippen molar-refractivity contribution in [2.75, 3.05) is 5.75 Å². The number of ketones is 1. The second-order valence-electron chi connectivity index (χ2n) is 6.97. The van der Waals surface area contributed by atoms with Crippen LogP contribution in [0.1, 0.15) is 51.5 Å². The Hall–Kier alpha value is -2.67. The lowest BCUT2D eigenvalue weighted by Crippen LogP contribution is -2.10. The van der Waals surface area contributed by atoms with Crippen molar-refractivity contribution in [2.24, 2.45) is 0 Å². The maximum atomic E-state index is 13.0. The average molecular weight is 415 g/mol. The molecule has 1 atom stereocenters. The van der Waals surface area contributed by atoms with Gasteiger partial charge in [0.1, 0.15) is 11.6 Å². The maximum absolute atomic E-state index is 13.0. The number of benzene rings is 2. The Bertz CT molecular complexity index is 1010. The largest absolute Gasteiger partial charge is 0.481 e. The molecule has 29 heavy (non-hydrogen) atoms. The standard InChI is InChI=1S/C22H23FN2O3S/c1-12-10-13(2)15(4)20(14(12)3)19(26)11-29-22-25-24-21(28-22)16(5)27-18-8-6-17(23)7-9-18/h6-10,16H,11H2,1-5H3/t16-/m1/s1. The van der Waals surface area contributed by atoms with Crippen LogP contribution in [0.2, 0.25) is 0 Å². The van der Waals surface area contributed by atoms with E-state index in [2.05, 4.69) is 16.3 Å². The molecule has 1 heterocycles. The van der Waals surface area contributed by atoms with Crippen molar-refractivity contribution >= 4 is 17.5 Å². The van der Waals surface area contributed by atoms with E-state index >= 15 is 0 Å². The topological polar surface area (TPSA) is 65.2 Å². The van der Waals surface area contributed by atoms with Crippen LogP contribution in [0, 0.1) is 33.5 Å². The van der Waals surface area contributed by atoms with Gasteiger partial charge in [-0.3, -0.25) is 4.79 Å². The van der Waals surface area contributed by atoms with Gasteiger partial charge in [-0.25, -0.2) is 4.39 Å². The number of carbonyl (C=O) groups excluding carboxylic acids is 1. The Morgan fingerprint density at radius 2 is 1.72 bits per heavy atom.